The van der Waals surface area contributed by atoms with E-state index in [1.165, 1.54) is 12.1 Å². The summed E-state index contributed by atoms with van der Waals surface area (Å²) < 4.78 is 19.0. The highest BCUT2D eigenvalue weighted by molar-refractivity contribution is 6.19. The van der Waals surface area contributed by atoms with E-state index in [4.69, 9.17) is 16.3 Å². The van der Waals surface area contributed by atoms with E-state index in [1.54, 1.807) is 18.5 Å². The number of benzene rings is 1. The topological polar surface area (TPSA) is 22.1 Å². The Morgan fingerprint density at radius 2 is 2.20 bits per heavy atom. The van der Waals surface area contributed by atoms with Crippen LogP contribution in [0.4, 0.5) is 4.39 Å². The number of ether oxygens (including phenoxy) is 1. The van der Waals surface area contributed by atoms with Gasteiger partial charge in [-0.25, -0.2) is 4.39 Å². The van der Waals surface area contributed by atoms with Gasteiger partial charge in [0.15, 0.2) is 0 Å². The van der Waals surface area contributed by atoms with Gasteiger partial charge in [-0.1, -0.05) is 17.9 Å². The van der Waals surface area contributed by atoms with Crippen molar-refractivity contribution < 1.29 is 9.13 Å². The molecule has 2 nitrogen and oxygen atoms in total. The molecule has 0 saturated heterocycles. The molecule has 0 unspecified atom stereocenters. The molecule has 0 N–H and O–H groups in total. The van der Waals surface area contributed by atoms with Crippen LogP contribution in [0.5, 0.6) is 5.75 Å². The highest BCUT2D eigenvalue weighted by Crippen LogP contribution is 2.16. The van der Waals surface area contributed by atoms with Crippen molar-refractivity contribution in [3.05, 3.63) is 59.7 Å². The highest BCUT2D eigenvalue weighted by Gasteiger charge is 2.01. The third kappa shape index (κ3) is 4.56. The molecule has 0 aliphatic heterocycles. The maximum atomic E-state index is 13.4. The fraction of sp³-hybridized carbons (Fsp3) is 0.188. The van der Waals surface area contributed by atoms with Crippen LogP contribution in [0.3, 0.4) is 0 Å². The summed E-state index contributed by atoms with van der Waals surface area (Å²) in [6, 6.07) is 8.24. The number of halogens is 2. The summed E-state index contributed by atoms with van der Waals surface area (Å²) in [5.41, 5.74) is 1.63. The highest BCUT2D eigenvalue weighted by atomic mass is 35.5. The second kappa shape index (κ2) is 7.52. The third-order valence-electron chi connectivity index (χ3n) is 2.55. The Labute approximate surface area is 122 Å². The van der Waals surface area contributed by atoms with Crippen molar-refractivity contribution in [2.45, 2.75) is 6.42 Å². The van der Waals surface area contributed by atoms with Crippen LogP contribution in [-0.4, -0.2) is 17.5 Å². The molecule has 1 heterocycles. The molecule has 0 aliphatic carbocycles. The molecule has 0 fully saturated rings. The van der Waals surface area contributed by atoms with Crippen molar-refractivity contribution >= 4 is 11.6 Å². The lowest BCUT2D eigenvalue weighted by Gasteiger charge is -2.07. The van der Waals surface area contributed by atoms with Crippen molar-refractivity contribution in [1.82, 2.24) is 4.98 Å². The molecule has 20 heavy (non-hydrogen) atoms. The summed E-state index contributed by atoms with van der Waals surface area (Å²) in [7, 11) is 0. The van der Waals surface area contributed by atoms with Gasteiger partial charge in [-0.05, 0) is 23.8 Å². The van der Waals surface area contributed by atoms with E-state index in [9.17, 15) is 4.39 Å². The van der Waals surface area contributed by atoms with Crippen LogP contribution < -0.4 is 4.74 Å². The van der Waals surface area contributed by atoms with Crippen molar-refractivity contribution in [3.8, 4) is 17.6 Å². The van der Waals surface area contributed by atoms with E-state index >= 15 is 0 Å². The van der Waals surface area contributed by atoms with Gasteiger partial charge in [-0.2, -0.15) is 0 Å². The lowest BCUT2D eigenvalue weighted by Crippen LogP contribution is -2.02. The fourth-order valence-corrected chi connectivity index (χ4v) is 1.75. The molecule has 0 bridgehead atoms. The molecule has 0 saturated carbocycles. The average molecular weight is 290 g/mol. The maximum Gasteiger partial charge on any atom is 0.128 e. The SMILES string of the molecule is Fc1cc(C#CCCl)cc(OCCc2cccnc2)c1. The van der Waals surface area contributed by atoms with E-state index in [0.717, 1.165) is 5.56 Å². The van der Waals surface area contributed by atoms with Crippen LogP contribution in [0, 0.1) is 17.7 Å². The molecule has 1 aromatic heterocycles. The summed E-state index contributed by atoms with van der Waals surface area (Å²) >= 11 is 5.48. The summed E-state index contributed by atoms with van der Waals surface area (Å²) in [5, 5.41) is 0. The number of hydrogen-bond acceptors (Lipinski definition) is 2. The quantitative estimate of drug-likeness (QED) is 0.635. The summed E-state index contributed by atoms with van der Waals surface area (Å²) in [4.78, 5) is 4.03. The van der Waals surface area contributed by atoms with Crippen molar-refractivity contribution in [2.75, 3.05) is 12.5 Å². The largest absolute Gasteiger partial charge is 0.493 e. The van der Waals surface area contributed by atoms with Crippen LogP contribution in [0.15, 0.2) is 42.7 Å². The first kappa shape index (κ1) is 14.4. The van der Waals surface area contributed by atoms with Crippen molar-refractivity contribution in [3.63, 3.8) is 0 Å². The van der Waals surface area contributed by atoms with Crippen molar-refractivity contribution in [1.29, 1.82) is 0 Å². The van der Waals surface area contributed by atoms with Crippen LogP contribution in [0.1, 0.15) is 11.1 Å². The molecule has 0 amide bonds. The summed E-state index contributed by atoms with van der Waals surface area (Å²) in [6.07, 6.45) is 4.22. The Morgan fingerprint density at radius 1 is 1.30 bits per heavy atom. The predicted octanol–water partition coefficient (Wildman–Crippen LogP) is 3.43. The van der Waals surface area contributed by atoms with E-state index in [2.05, 4.69) is 16.8 Å². The predicted molar refractivity (Wildman–Crippen MR) is 77.4 cm³/mol. The molecular formula is C16H13ClFNO. The maximum absolute atomic E-state index is 13.4. The first-order valence-corrected chi connectivity index (χ1v) is 6.68. The van der Waals surface area contributed by atoms with Crippen molar-refractivity contribution in [2.24, 2.45) is 0 Å². The molecule has 2 rings (SSSR count). The Bertz CT molecular complexity index is 619. The Balaban J connectivity index is 1.97. The molecule has 0 aliphatic rings. The molecule has 4 heteroatoms. The second-order valence-corrected chi connectivity index (χ2v) is 4.34. The third-order valence-corrected chi connectivity index (χ3v) is 2.69. The van der Waals surface area contributed by atoms with Gasteiger partial charge in [0.1, 0.15) is 11.6 Å². The minimum atomic E-state index is -0.372. The van der Waals surface area contributed by atoms with E-state index in [-0.39, 0.29) is 11.7 Å². The Morgan fingerprint density at radius 3 is 2.95 bits per heavy atom. The first-order chi connectivity index (χ1) is 9.78. The number of aromatic nitrogens is 1. The zero-order valence-corrected chi connectivity index (χ0v) is 11.5. The van der Waals surface area contributed by atoms with E-state index in [0.29, 0.717) is 24.3 Å². The molecule has 2 aromatic rings. The standard InChI is InChI=1S/C16H13ClFNO/c17-6-1-3-14-9-15(18)11-16(10-14)20-8-5-13-4-2-7-19-12-13/h2,4,7,9-12H,5-6,8H2. The monoisotopic (exact) mass is 289 g/mol. The summed E-state index contributed by atoms with van der Waals surface area (Å²) in [5.74, 6) is 5.77. The zero-order valence-electron chi connectivity index (χ0n) is 10.8. The number of rotatable bonds is 4. The molecule has 0 radical (unpaired) electrons. The molecule has 0 atom stereocenters. The number of nitrogens with zero attached hydrogens (tertiary/aromatic N) is 1. The lowest BCUT2D eigenvalue weighted by atomic mass is 10.2. The van der Waals surface area contributed by atoms with Gasteiger partial charge in [-0.3, -0.25) is 4.98 Å². The van der Waals surface area contributed by atoms with Crippen LogP contribution >= 0.6 is 11.6 Å². The van der Waals surface area contributed by atoms with Gasteiger partial charge in [0.25, 0.3) is 0 Å². The second-order valence-electron chi connectivity index (χ2n) is 4.07. The lowest BCUT2D eigenvalue weighted by molar-refractivity contribution is 0.320. The number of hydrogen-bond donors (Lipinski definition) is 0. The molecular weight excluding hydrogens is 277 g/mol. The molecule has 102 valence electrons. The fourth-order valence-electron chi connectivity index (χ4n) is 1.69. The molecule has 1 aromatic carbocycles. The van der Waals surface area contributed by atoms with E-state index in [1.807, 2.05) is 12.1 Å². The van der Waals surface area contributed by atoms with Crippen LogP contribution in [0.25, 0.3) is 0 Å². The number of alkyl halides is 1. The van der Waals surface area contributed by atoms with Gasteiger partial charge in [0, 0.05) is 30.4 Å². The van der Waals surface area contributed by atoms with Crippen LogP contribution in [-0.2, 0) is 6.42 Å². The van der Waals surface area contributed by atoms with Gasteiger partial charge >= 0.3 is 0 Å². The van der Waals surface area contributed by atoms with E-state index < -0.39 is 0 Å². The summed E-state index contributed by atoms with van der Waals surface area (Å²) in [6.45, 7) is 0.456. The zero-order chi connectivity index (χ0) is 14.2. The minimum Gasteiger partial charge on any atom is -0.493 e. The Kier molecular flexibility index (Phi) is 5.40. The smallest absolute Gasteiger partial charge is 0.128 e. The molecule has 0 spiro atoms. The average Bonchev–Trinajstić information content (AvgIpc) is 2.46. The van der Waals surface area contributed by atoms with Gasteiger partial charge < -0.3 is 4.74 Å². The van der Waals surface area contributed by atoms with Gasteiger partial charge in [-0.15, -0.1) is 11.6 Å². The number of pyridine rings is 1. The van der Waals surface area contributed by atoms with Gasteiger partial charge in [0.05, 0.1) is 12.5 Å². The Hall–Kier alpha value is -2.05. The van der Waals surface area contributed by atoms with Crippen LogP contribution in [0.2, 0.25) is 0 Å². The first-order valence-electron chi connectivity index (χ1n) is 6.15. The van der Waals surface area contributed by atoms with Gasteiger partial charge in [0.2, 0.25) is 0 Å². The normalized spacial score (nSPS) is 9.70. The minimum absolute atomic E-state index is 0.216.